The van der Waals surface area contributed by atoms with Gasteiger partial charge in [0.15, 0.2) is 5.69 Å². The number of fused-ring (bicyclic) bond motifs is 3. The Morgan fingerprint density at radius 3 is 2.34 bits per heavy atom. The van der Waals surface area contributed by atoms with Crippen LogP contribution in [0.25, 0.3) is 27.5 Å². The standard InChI is InChI=1S/C27H24N4O4/c1-4-35-20-13-9-17(10-14-20)28-26(32)24-23-21-7-5-6-8-22(21)30(2)25(23)27(33)31(29-24)18-11-15-19(34-3)16-12-18/h5-16H,4H2,1-3H3,(H,28,32). The molecule has 35 heavy (non-hydrogen) atoms. The quantitative estimate of drug-likeness (QED) is 0.395. The molecule has 0 atom stereocenters. The molecule has 0 aliphatic carbocycles. The molecular weight excluding hydrogens is 444 g/mol. The number of aromatic nitrogens is 3. The zero-order valence-electron chi connectivity index (χ0n) is 19.6. The number of carbonyl (C=O) groups excluding carboxylic acids is 1. The van der Waals surface area contributed by atoms with Gasteiger partial charge in [-0.1, -0.05) is 18.2 Å². The van der Waals surface area contributed by atoms with Gasteiger partial charge in [0, 0.05) is 29.0 Å². The molecule has 5 aromatic rings. The minimum absolute atomic E-state index is 0.154. The van der Waals surface area contributed by atoms with Gasteiger partial charge in [0.1, 0.15) is 17.0 Å². The van der Waals surface area contributed by atoms with Crippen molar-refractivity contribution in [2.75, 3.05) is 19.0 Å². The van der Waals surface area contributed by atoms with E-state index in [1.165, 1.54) is 4.68 Å². The number of para-hydroxylation sites is 1. The van der Waals surface area contributed by atoms with E-state index >= 15 is 0 Å². The highest BCUT2D eigenvalue weighted by atomic mass is 16.5. The van der Waals surface area contributed by atoms with E-state index in [0.717, 1.165) is 10.9 Å². The highest BCUT2D eigenvalue weighted by molar-refractivity contribution is 6.19. The number of rotatable bonds is 6. The first kappa shape index (κ1) is 22.2. The number of hydrogen-bond acceptors (Lipinski definition) is 5. The van der Waals surface area contributed by atoms with Crippen LogP contribution >= 0.6 is 0 Å². The molecule has 0 spiro atoms. The van der Waals surface area contributed by atoms with Crippen molar-refractivity contribution in [1.82, 2.24) is 14.3 Å². The largest absolute Gasteiger partial charge is 0.497 e. The molecule has 176 valence electrons. The Labute approximate surface area is 201 Å². The summed E-state index contributed by atoms with van der Waals surface area (Å²) in [4.78, 5) is 27.1. The van der Waals surface area contributed by atoms with Crippen LogP contribution in [0.1, 0.15) is 17.4 Å². The first-order valence-corrected chi connectivity index (χ1v) is 11.2. The number of methoxy groups -OCH3 is 1. The summed E-state index contributed by atoms with van der Waals surface area (Å²) in [5.74, 6) is 0.951. The lowest BCUT2D eigenvalue weighted by Gasteiger charge is -2.11. The molecule has 0 saturated carbocycles. The second-order valence-electron chi connectivity index (χ2n) is 7.97. The summed E-state index contributed by atoms with van der Waals surface area (Å²) in [6, 6.07) is 21.7. The Bertz CT molecular complexity index is 1600. The van der Waals surface area contributed by atoms with Crippen LogP contribution in [-0.2, 0) is 7.05 Å². The van der Waals surface area contributed by atoms with Crippen LogP contribution in [0, 0.1) is 0 Å². The molecule has 0 unspecified atom stereocenters. The first-order valence-electron chi connectivity index (χ1n) is 11.2. The van der Waals surface area contributed by atoms with Gasteiger partial charge in [-0.2, -0.15) is 9.78 Å². The fourth-order valence-electron chi connectivity index (χ4n) is 4.23. The van der Waals surface area contributed by atoms with Crippen LogP contribution < -0.4 is 20.3 Å². The molecule has 1 N–H and O–H groups in total. The Morgan fingerprint density at radius 1 is 0.971 bits per heavy atom. The summed E-state index contributed by atoms with van der Waals surface area (Å²) in [5, 5.41) is 8.75. The lowest BCUT2D eigenvalue weighted by Crippen LogP contribution is -2.27. The maximum Gasteiger partial charge on any atom is 0.296 e. The van der Waals surface area contributed by atoms with Crippen molar-refractivity contribution < 1.29 is 14.3 Å². The smallest absolute Gasteiger partial charge is 0.296 e. The normalized spacial score (nSPS) is 11.1. The van der Waals surface area contributed by atoms with Gasteiger partial charge in [-0.3, -0.25) is 9.59 Å². The van der Waals surface area contributed by atoms with E-state index < -0.39 is 5.91 Å². The number of nitrogens with zero attached hydrogens (tertiary/aromatic N) is 3. The second kappa shape index (κ2) is 8.98. The lowest BCUT2D eigenvalue weighted by atomic mass is 10.1. The van der Waals surface area contributed by atoms with Crippen LogP contribution in [0.3, 0.4) is 0 Å². The summed E-state index contributed by atoms with van der Waals surface area (Å²) in [6.45, 7) is 2.47. The Balaban J connectivity index is 1.70. The topological polar surface area (TPSA) is 87.4 Å². The number of hydrogen-bond donors (Lipinski definition) is 1. The third-order valence-corrected chi connectivity index (χ3v) is 5.89. The monoisotopic (exact) mass is 468 g/mol. The molecule has 3 aromatic carbocycles. The predicted octanol–water partition coefficient (Wildman–Crippen LogP) is 4.54. The zero-order chi connectivity index (χ0) is 24.5. The van der Waals surface area contributed by atoms with E-state index in [1.54, 1.807) is 55.6 Å². The van der Waals surface area contributed by atoms with Crippen LogP contribution in [0.2, 0.25) is 0 Å². The van der Waals surface area contributed by atoms with Crippen molar-refractivity contribution in [3.05, 3.63) is 88.8 Å². The summed E-state index contributed by atoms with van der Waals surface area (Å²) < 4.78 is 13.8. The third kappa shape index (κ3) is 3.89. The lowest BCUT2D eigenvalue weighted by molar-refractivity contribution is 0.102. The molecule has 0 saturated heterocycles. The number of amides is 1. The molecule has 2 aromatic heterocycles. The summed E-state index contributed by atoms with van der Waals surface area (Å²) in [6.07, 6.45) is 0. The maximum atomic E-state index is 13.6. The van der Waals surface area contributed by atoms with Crippen molar-refractivity contribution in [2.45, 2.75) is 6.92 Å². The number of benzene rings is 3. The van der Waals surface area contributed by atoms with E-state index in [9.17, 15) is 9.59 Å². The molecule has 0 aliphatic heterocycles. The third-order valence-electron chi connectivity index (χ3n) is 5.89. The minimum Gasteiger partial charge on any atom is -0.497 e. The van der Waals surface area contributed by atoms with Crippen molar-refractivity contribution in [3.63, 3.8) is 0 Å². The summed E-state index contributed by atoms with van der Waals surface area (Å²) in [7, 11) is 3.39. The average molecular weight is 469 g/mol. The minimum atomic E-state index is -0.419. The number of aryl methyl sites for hydroxylation is 1. The summed E-state index contributed by atoms with van der Waals surface area (Å²) in [5.41, 5.74) is 2.19. The Hall–Kier alpha value is -4.59. The van der Waals surface area contributed by atoms with Gasteiger partial charge in [-0.25, -0.2) is 0 Å². The van der Waals surface area contributed by atoms with Gasteiger partial charge >= 0.3 is 0 Å². The molecule has 0 aliphatic rings. The molecule has 8 heteroatoms. The number of carbonyl (C=O) groups is 1. The molecule has 0 fully saturated rings. The molecule has 5 rings (SSSR count). The maximum absolute atomic E-state index is 13.6. The van der Waals surface area contributed by atoms with Gasteiger partial charge in [-0.15, -0.1) is 0 Å². The van der Waals surface area contributed by atoms with Gasteiger partial charge < -0.3 is 19.4 Å². The van der Waals surface area contributed by atoms with Crippen LogP contribution in [0.5, 0.6) is 11.5 Å². The average Bonchev–Trinajstić information content (AvgIpc) is 3.19. The van der Waals surface area contributed by atoms with Crippen molar-refractivity contribution >= 4 is 33.4 Å². The van der Waals surface area contributed by atoms with Crippen molar-refractivity contribution in [3.8, 4) is 17.2 Å². The molecule has 8 nitrogen and oxygen atoms in total. The molecular formula is C27H24N4O4. The highest BCUT2D eigenvalue weighted by Gasteiger charge is 2.23. The molecule has 0 bridgehead atoms. The van der Waals surface area contributed by atoms with Crippen molar-refractivity contribution in [2.24, 2.45) is 7.05 Å². The fraction of sp³-hybridized carbons (Fsp3) is 0.148. The Kier molecular flexibility index (Phi) is 5.70. The zero-order valence-corrected chi connectivity index (χ0v) is 19.6. The van der Waals surface area contributed by atoms with Crippen LogP contribution in [0.15, 0.2) is 77.6 Å². The number of nitrogens with one attached hydrogen (secondary N) is 1. The van der Waals surface area contributed by atoms with E-state index in [4.69, 9.17) is 9.47 Å². The van der Waals surface area contributed by atoms with Crippen LogP contribution in [0.4, 0.5) is 5.69 Å². The van der Waals surface area contributed by atoms with Crippen molar-refractivity contribution in [1.29, 1.82) is 0 Å². The number of ether oxygens (including phenoxy) is 2. The predicted molar refractivity (Wildman–Crippen MR) is 136 cm³/mol. The van der Waals surface area contributed by atoms with Gasteiger partial charge in [0.2, 0.25) is 0 Å². The second-order valence-corrected chi connectivity index (χ2v) is 7.97. The summed E-state index contributed by atoms with van der Waals surface area (Å²) >= 11 is 0. The molecule has 2 heterocycles. The van der Waals surface area contributed by atoms with Gasteiger partial charge in [0.05, 0.1) is 19.4 Å². The molecule has 1 amide bonds. The van der Waals surface area contributed by atoms with E-state index in [2.05, 4.69) is 10.4 Å². The fourth-order valence-corrected chi connectivity index (χ4v) is 4.23. The van der Waals surface area contributed by atoms with Gasteiger partial charge in [0.25, 0.3) is 11.5 Å². The van der Waals surface area contributed by atoms with E-state index in [0.29, 0.717) is 40.4 Å². The van der Waals surface area contributed by atoms with Gasteiger partial charge in [-0.05, 0) is 61.5 Å². The van der Waals surface area contributed by atoms with E-state index in [1.807, 2.05) is 42.8 Å². The molecule has 0 radical (unpaired) electrons. The first-order chi connectivity index (χ1) is 17.0. The Morgan fingerprint density at radius 2 is 1.66 bits per heavy atom. The highest BCUT2D eigenvalue weighted by Crippen LogP contribution is 2.29. The van der Waals surface area contributed by atoms with Crippen LogP contribution in [-0.4, -0.2) is 34.0 Å². The van der Waals surface area contributed by atoms with E-state index in [-0.39, 0.29) is 11.3 Å². The number of anilines is 1. The SMILES string of the molecule is CCOc1ccc(NC(=O)c2nn(-c3ccc(OC)cc3)c(=O)c3c2c2ccccc2n3C)cc1.